The van der Waals surface area contributed by atoms with Gasteiger partial charge >= 0.3 is 13.6 Å². The number of hydrogen-bond acceptors (Lipinski definition) is 8. The standard InChI is InChI=1S/C20H28N5O6P/c1-11(8-30-12(2)26)6-13-7-14(32(27,28)29)16(31-13)19-24-15-17(21)22-10-23-18(15)25(19)9-20(3,4)5/h7,10-11H,6,8-9H2,1-5H3,(H2,21,22,23)(H2,27,28,29). The van der Waals surface area contributed by atoms with E-state index in [9.17, 15) is 19.1 Å². The Balaban J connectivity index is 2.15. The molecule has 0 aliphatic rings. The maximum atomic E-state index is 12.3. The maximum absolute atomic E-state index is 12.3. The lowest BCUT2D eigenvalue weighted by molar-refractivity contribution is -0.142. The van der Waals surface area contributed by atoms with Crippen molar-refractivity contribution >= 4 is 35.9 Å². The van der Waals surface area contributed by atoms with E-state index >= 15 is 0 Å². The van der Waals surface area contributed by atoms with Crippen LogP contribution < -0.4 is 11.0 Å². The van der Waals surface area contributed by atoms with Crippen LogP contribution in [0.5, 0.6) is 0 Å². The minimum Gasteiger partial charge on any atom is -0.466 e. The molecule has 11 nitrogen and oxygen atoms in total. The summed E-state index contributed by atoms with van der Waals surface area (Å²) in [7, 11) is -4.70. The van der Waals surface area contributed by atoms with Gasteiger partial charge in [0.15, 0.2) is 28.6 Å². The molecule has 0 bridgehead atoms. The quantitative estimate of drug-likeness (QED) is 0.348. The van der Waals surface area contributed by atoms with Crippen molar-refractivity contribution in [3.8, 4) is 11.6 Å². The first-order valence-electron chi connectivity index (χ1n) is 10.1. The van der Waals surface area contributed by atoms with E-state index in [1.54, 1.807) is 4.57 Å². The molecule has 3 aromatic heterocycles. The number of imidazole rings is 1. The number of carbonyl (C=O) groups excluding carboxylic acids is 1. The highest BCUT2D eigenvalue weighted by molar-refractivity contribution is 7.60. The number of ether oxygens (including phenoxy) is 1. The van der Waals surface area contributed by atoms with E-state index in [-0.39, 0.29) is 40.6 Å². The van der Waals surface area contributed by atoms with Crippen molar-refractivity contribution in [3.05, 3.63) is 18.2 Å². The van der Waals surface area contributed by atoms with Crippen LogP contribution in [0.15, 0.2) is 16.8 Å². The molecule has 1 unspecified atom stereocenters. The van der Waals surface area contributed by atoms with Crippen LogP contribution in [0.4, 0.5) is 5.82 Å². The van der Waals surface area contributed by atoms with Crippen LogP contribution >= 0.6 is 7.60 Å². The molecule has 3 rings (SSSR count). The fourth-order valence-corrected chi connectivity index (χ4v) is 4.04. The zero-order valence-electron chi connectivity index (χ0n) is 18.7. The van der Waals surface area contributed by atoms with E-state index in [4.69, 9.17) is 14.9 Å². The molecule has 0 aliphatic heterocycles. The second-order valence-electron chi connectivity index (χ2n) is 9.10. The maximum Gasteiger partial charge on any atom is 0.360 e. The Morgan fingerprint density at radius 3 is 2.62 bits per heavy atom. The molecule has 0 aliphatic carbocycles. The van der Waals surface area contributed by atoms with Crippen LogP contribution in [0.1, 0.15) is 40.4 Å². The van der Waals surface area contributed by atoms with Crippen LogP contribution in [0.2, 0.25) is 0 Å². The minimum atomic E-state index is -4.70. The van der Waals surface area contributed by atoms with Crippen LogP contribution in [0, 0.1) is 11.3 Å². The average molecular weight is 465 g/mol. The van der Waals surface area contributed by atoms with E-state index < -0.39 is 13.6 Å². The first kappa shape index (κ1) is 23.9. The van der Waals surface area contributed by atoms with Crippen LogP contribution in [0.25, 0.3) is 22.7 Å². The summed E-state index contributed by atoms with van der Waals surface area (Å²) in [6, 6.07) is 1.33. The van der Waals surface area contributed by atoms with E-state index in [1.807, 2.05) is 27.7 Å². The number of anilines is 1. The molecule has 174 valence electrons. The van der Waals surface area contributed by atoms with Gasteiger partial charge in [0.25, 0.3) is 0 Å². The molecule has 3 aromatic rings. The van der Waals surface area contributed by atoms with Gasteiger partial charge in [0.05, 0.1) is 6.61 Å². The molecule has 3 heterocycles. The first-order chi connectivity index (χ1) is 14.8. The highest BCUT2D eigenvalue weighted by Crippen LogP contribution is 2.40. The number of carbonyl (C=O) groups is 1. The Morgan fingerprint density at radius 1 is 1.34 bits per heavy atom. The number of esters is 1. The molecule has 12 heteroatoms. The Labute approximate surface area is 185 Å². The number of nitrogens with two attached hydrogens (primary N) is 1. The SMILES string of the molecule is CC(=O)OCC(C)Cc1cc(P(=O)(O)O)c(-c2nc3c(N)ncnc3n2CC(C)(C)C)o1. The molecule has 0 saturated carbocycles. The Hall–Kier alpha value is -2.75. The largest absolute Gasteiger partial charge is 0.466 e. The normalized spacial score (nSPS) is 13.5. The summed E-state index contributed by atoms with van der Waals surface area (Å²) in [5.41, 5.74) is 6.54. The van der Waals surface area contributed by atoms with Crippen LogP contribution in [0.3, 0.4) is 0 Å². The molecule has 0 fully saturated rings. The molecule has 0 aromatic carbocycles. The topological polar surface area (TPSA) is 167 Å². The fraction of sp³-hybridized carbons (Fsp3) is 0.500. The third kappa shape index (κ3) is 5.35. The monoisotopic (exact) mass is 465 g/mol. The van der Waals surface area contributed by atoms with Gasteiger partial charge in [0, 0.05) is 19.9 Å². The van der Waals surface area contributed by atoms with Gasteiger partial charge in [-0.25, -0.2) is 15.0 Å². The second kappa shape index (κ2) is 8.65. The van der Waals surface area contributed by atoms with Crippen molar-refractivity contribution in [2.75, 3.05) is 12.3 Å². The first-order valence-corrected chi connectivity index (χ1v) is 11.7. The van der Waals surface area contributed by atoms with Crippen LogP contribution in [-0.4, -0.2) is 41.9 Å². The molecule has 0 spiro atoms. The summed E-state index contributed by atoms with van der Waals surface area (Å²) in [6.07, 6.45) is 1.62. The number of nitrogen functional groups attached to an aromatic ring is 1. The lowest BCUT2D eigenvalue weighted by Crippen LogP contribution is -2.18. The summed E-state index contributed by atoms with van der Waals surface area (Å²) in [6.45, 7) is 9.80. The summed E-state index contributed by atoms with van der Waals surface area (Å²) in [5, 5.41) is -0.274. The minimum absolute atomic E-state index is 0.0466. The average Bonchev–Trinajstić information content (AvgIpc) is 3.21. The molecule has 4 N–H and O–H groups in total. The highest BCUT2D eigenvalue weighted by atomic mass is 31.2. The third-order valence-electron chi connectivity index (χ3n) is 4.59. The lowest BCUT2D eigenvalue weighted by atomic mass is 9.97. The van der Waals surface area contributed by atoms with Crippen molar-refractivity contribution in [2.45, 2.75) is 47.6 Å². The Kier molecular flexibility index (Phi) is 6.46. The van der Waals surface area contributed by atoms with Crippen LogP contribution in [-0.2, 0) is 27.1 Å². The predicted octanol–water partition coefficient (Wildman–Crippen LogP) is 2.26. The Morgan fingerprint density at radius 2 is 2.03 bits per heavy atom. The van der Waals surface area contributed by atoms with Crippen molar-refractivity contribution in [2.24, 2.45) is 11.3 Å². The summed E-state index contributed by atoms with van der Waals surface area (Å²) >= 11 is 0. The molecule has 0 saturated heterocycles. The lowest BCUT2D eigenvalue weighted by Gasteiger charge is -2.20. The number of hydrogen-bond donors (Lipinski definition) is 3. The van der Waals surface area contributed by atoms with E-state index in [0.29, 0.717) is 29.9 Å². The summed E-state index contributed by atoms with van der Waals surface area (Å²) in [5.74, 6) is 0.128. The van der Waals surface area contributed by atoms with E-state index in [0.717, 1.165) is 0 Å². The van der Waals surface area contributed by atoms with Gasteiger partial charge in [-0.3, -0.25) is 9.36 Å². The molecule has 0 radical (unpaired) electrons. The smallest absolute Gasteiger partial charge is 0.360 e. The molecule has 0 amide bonds. The highest BCUT2D eigenvalue weighted by Gasteiger charge is 2.32. The van der Waals surface area contributed by atoms with Gasteiger partial charge in [0.2, 0.25) is 0 Å². The van der Waals surface area contributed by atoms with Gasteiger partial charge in [-0.05, 0) is 17.4 Å². The van der Waals surface area contributed by atoms with Gasteiger partial charge in [-0.2, -0.15) is 0 Å². The Bertz CT molecular complexity index is 1190. The molecular weight excluding hydrogens is 437 g/mol. The van der Waals surface area contributed by atoms with E-state index in [1.165, 1.54) is 19.3 Å². The third-order valence-corrected chi connectivity index (χ3v) is 5.55. The predicted molar refractivity (Wildman–Crippen MR) is 118 cm³/mol. The number of nitrogens with zero attached hydrogens (tertiary/aromatic N) is 4. The van der Waals surface area contributed by atoms with Crippen molar-refractivity contribution in [1.29, 1.82) is 0 Å². The number of aromatic nitrogens is 4. The zero-order valence-corrected chi connectivity index (χ0v) is 19.6. The van der Waals surface area contributed by atoms with Crippen molar-refractivity contribution in [1.82, 2.24) is 19.5 Å². The summed E-state index contributed by atoms with van der Waals surface area (Å²) in [4.78, 5) is 43.8. The van der Waals surface area contributed by atoms with Crippen molar-refractivity contribution in [3.63, 3.8) is 0 Å². The molecule has 32 heavy (non-hydrogen) atoms. The fourth-order valence-electron chi connectivity index (χ4n) is 3.32. The van der Waals surface area contributed by atoms with Gasteiger partial charge in [-0.1, -0.05) is 27.7 Å². The van der Waals surface area contributed by atoms with E-state index in [2.05, 4.69) is 15.0 Å². The van der Waals surface area contributed by atoms with Gasteiger partial charge < -0.3 is 29.2 Å². The van der Waals surface area contributed by atoms with Gasteiger partial charge in [0.1, 0.15) is 17.4 Å². The second-order valence-corrected chi connectivity index (χ2v) is 10.7. The summed E-state index contributed by atoms with van der Waals surface area (Å²) < 4.78 is 25.0. The van der Waals surface area contributed by atoms with Crippen molar-refractivity contribution < 1.29 is 28.3 Å². The molecule has 1 atom stereocenters. The number of furan rings is 1. The van der Waals surface area contributed by atoms with Gasteiger partial charge in [-0.15, -0.1) is 0 Å². The number of fused-ring (bicyclic) bond motifs is 1. The number of rotatable bonds is 7. The molecular formula is C20H28N5O6P. The zero-order chi connectivity index (χ0) is 23.8.